The molecule has 0 aliphatic carbocycles. The zero-order valence-electron chi connectivity index (χ0n) is 19.3. The molecule has 0 spiro atoms. The van der Waals surface area contributed by atoms with E-state index in [0.29, 0.717) is 49.8 Å². The molecule has 2 aliphatic heterocycles. The molecule has 0 saturated carbocycles. The van der Waals surface area contributed by atoms with Crippen molar-refractivity contribution in [3.63, 3.8) is 0 Å². The first-order chi connectivity index (χ1) is 16.5. The molecule has 4 rings (SSSR count). The molecule has 2 aromatic carbocycles. The third kappa shape index (κ3) is 5.08. The lowest BCUT2D eigenvalue weighted by Crippen LogP contribution is -2.42. The van der Waals surface area contributed by atoms with E-state index in [2.05, 4.69) is 4.90 Å². The zero-order chi connectivity index (χ0) is 24.1. The Morgan fingerprint density at radius 3 is 2.53 bits per heavy atom. The number of aliphatic hydroxyl groups excluding tert-OH is 1. The summed E-state index contributed by atoms with van der Waals surface area (Å²) in [5, 5.41) is 21.0. The van der Waals surface area contributed by atoms with Crippen LogP contribution in [-0.2, 0) is 14.3 Å². The van der Waals surface area contributed by atoms with Crippen molar-refractivity contribution < 1.29 is 29.3 Å². The molecule has 1 unspecified atom stereocenters. The first-order valence-corrected chi connectivity index (χ1v) is 11.6. The van der Waals surface area contributed by atoms with Gasteiger partial charge in [-0.05, 0) is 36.2 Å². The van der Waals surface area contributed by atoms with E-state index in [9.17, 15) is 19.8 Å². The van der Waals surface area contributed by atoms with Crippen LogP contribution in [0, 0.1) is 0 Å². The van der Waals surface area contributed by atoms with Gasteiger partial charge >= 0.3 is 0 Å². The number of benzene rings is 2. The Kier molecular flexibility index (Phi) is 7.49. The molecule has 8 nitrogen and oxygen atoms in total. The van der Waals surface area contributed by atoms with Crippen molar-refractivity contribution in [1.29, 1.82) is 0 Å². The Morgan fingerprint density at radius 1 is 1.09 bits per heavy atom. The van der Waals surface area contributed by atoms with E-state index in [0.717, 1.165) is 19.5 Å². The molecule has 34 heavy (non-hydrogen) atoms. The molecule has 2 N–H and O–H groups in total. The predicted molar refractivity (Wildman–Crippen MR) is 127 cm³/mol. The smallest absolute Gasteiger partial charge is 0.295 e. The summed E-state index contributed by atoms with van der Waals surface area (Å²) in [6.45, 7) is 6.24. The zero-order valence-corrected chi connectivity index (χ0v) is 19.3. The minimum Gasteiger partial charge on any atom is -0.508 e. The lowest BCUT2D eigenvalue weighted by Gasteiger charge is -2.31. The van der Waals surface area contributed by atoms with Gasteiger partial charge in [-0.25, -0.2) is 0 Å². The summed E-state index contributed by atoms with van der Waals surface area (Å²) in [5.41, 5.74) is 1.08. The van der Waals surface area contributed by atoms with Crippen LogP contribution in [0.1, 0.15) is 30.5 Å². The van der Waals surface area contributed by atoms with Crippen molar-refractivity contribution in [2.45, 2.75) is 19.4 Å². The third-order valence-electron chi connectivity index (χ3n) is 6.09. The second-order valence-corrected chi connectivity index (χ2v) is 8.41. The van der Waals surface area contributed by atoms with Gasteiger partial charge in [-0.15, -0.1) is 0 Å². The van der Waals surface area contributed by atoms with Crippen LogP contribution < -0.4 is 4.74 Å². The molecule has 2 heterocycles. The molecule has 0 bridgehead atoms. The van der Waals surface area contributed by atoms with Gasteiger partial charge in [-0.3, -0.25) is 14.5 Å². The summed E-state index contributed by atoms with van der Waals surface area (Å²) >= 11 is 0. The second-order valence-electron chi connectivity index (χ2n) is 8.41. The molecule has 0 aromatic heterocycles. The number of carbonyl (C=O) groups excluding carboxylic acids is 2. The second kappa shape index (κ2) is 10.7. The molecule has 8 heteroatoms. The first kappa shape index (κ1) is 23.8. The van der Waals surface area contributed by atoms with Gasteiger partial charge in [0, 0.05) is 31.7 Å². The first-order valence-electron chi connectivity index (χ1n) is 11.6. The maximum absolute atomic E-state index is 13.2. The molecular weight excluding hydrogens is 436 g/mol. The molecule has 2 aliphatic rings. The highest BCUT2D eigenvalue weighted by Crippen LogP contribution is 2.40. The van der Waals surface area contributed by atoms with Crippen LogP contribution in [0.3, 0.4) is 0 Å². The van der Waals surface area contributed by atoms with Crippen LogP contribution in [0.5, 0.6) is 11.5 Å². The van der Waals surface area contributed by atoms with E-state index in [4.69, 9.17) is 9.47 Å². The Labute approximate surface area is 199 Å². The SMILES string of the molecule is CCCOc1cccc(/C(O)=C2\C(=O)C(=O)N(CCN3CCOCC3)C2c2ccc(O)cc2)c1. The Morgan fingerprint density at radius 2 is 1.82 bits per heavy atom. The van der Waals surface area contributed by atoms with Gasteiger partial charge in [0.05, 0.1) is 31.4 Å². The maximum Gasteiger partial charge on any atom is 0.295 e. The van der Waals surface area contributed by atoms with Gasteiger partial charge in [0.1, 0.15) is 17.3 Å². The molecule has 180 valence electrons. The number of amides is 1. The summed E-state index contributed by atoms with van der Waals surface area (Å²) in [5.74, 6) is -0.959. The van der Waals surface area contributed by atoms with Crippen LogP contribution in [0.25, 0.3) is 5.76 Å². The number of morpholine rings is 1. The average Bonchev–Trinajstić information content (AvgIpc) is 3.12. The number of phenolic OH excluding ortho intramolecular Hbond substituents is 1. The fourth-order valence-corrected chi connectivity index (χ4v) is 4.30. The van der Waals surface area contributed by atoms with E-state index in [1.54, 1.807) is 36.4 Å². The molecular formula is C26H30N2O6. The Balaban J connectivity index is 1.71. The Hall–Kier alpha value is -3.36. The van der Waals surface area contributed by atoms with Crippen LogP contribution in [-0.4, -0.2) is 77.7 Å². The van der Waals surface area contributed by atoms with Crippen LogP contribution >= 0.6 is 0 Å². The molecule has 2 aromatic rings. The van der Waals surface area contributed by atoms with Crippen molar-refractivity contribution in [1.82, 2.24) is 9.80 Å². The number of hydrogen-bond donors (Lipinski definition) is 2. The molecule has 2 saturated heterocycles. The number of aromatic hydroxyl groups is 1. The van der Waals surface area contributed by atoms with Gasteiger partial charge in [-0.1, -0.05) is 31.2 Å². The highest BCUT2D eigenvalue weighted by Gasteiger charge is 2.46. The molecule has 2 fully saturated rings. The van der Waals surface area contributed by atoms with Gasteiger partial charge < -0.3 is 24.6 Å². The van der Waals surface area contributed by atoms with E-state index in [1.165, 1.54) is 17.0 Å². The van der Waals surface area contributed by atoms with Crippen molar-refractivity contribution >= 4 is 17.4 Å². The fourth-order valence-electron chi connectivity index (χ4n) is 4.30. The van der Waals surface area contributed by atoms with Crippen LogP contribution in [0.15, 0.2) is 54.1 Å². The van der Waals surface area contributed by atoms with Crippen LogP contribution in [0.2, 0.25) is 0 Å². The molecule has 0 radical (unpaired) electrons. The van der Waals surface area contributed by atoms with Gasteiger partial charge in [-0.2, -0.15) is 0 Å². The number of nitrogens with zero attached hydrogens (tertiary/aromatic N) is 2. The van der Waals surface area contributed by atoms with Gasteiger partial charge in [0.15, 0.2) is 0 Å². The normalized spacial score (nSPS) is 20.6. The number of ketones is 1. The number of aliphatic hydroxyl groups is 1. The average molecular weight is 467 g/mol. The van der Waals surface area contributed by atoms with E-state index < -0.39 is 17.7 Å². The number of rotatable bonds is 8. The van der Waals surface area contributed by atoms with Crippen molar-refractivity contribution in [3.05, 3.63) is 65.2 Å². The standard InChI is InChI=1S/C26H30N2O6/c1-2-14-34-21-5-3-4-19(17-21)24(30)22-23(18-6-8-20(29)9-7-18)28(26(32)25(22)31)11-10-27-12-15-33-16-13-27/h3-9,17,23,29-30H,2,10-16H2,1H3/b24-22+. The summed E-state index contributed by atoms with van der Waals surface area (Å²) in [6, 6.07) is 12.5. The monoisotopic (exact) mass is 466 g/mol. The van der Waals surface area contributed by atoms with Crippen molar-refractivity contribution in [2.24, 2.45) is 0 Å². The number of ether oxygens (including phenoxy) is 2. The number of carbonyl (C=O) groups is 2. The topological polar surface area (TPSA) is 99.5 Å². The van der Waals surface area contributed by atoms with E-state index in [1.807, 2.05) is 6.92 Å². The van der Waals surface area contributed by atoms with Gasteiger partial charge in [0.25, 0.3) is 11.7 Å². The summed E-state index contributed by atoms with van der Waals surface area (Å²) in [4.78, 5) is 30.0. The highest BCUT2D eigenvalue weighted by atomic mass is 16.5. The Bertz CT molecular complexity index is 1060. The number of hydrogen-bond acceptors (Lipinski definition) is 7. The largest absolute Gasteiger partial charge is 0.508 e. The fraction of sp³-hybridized carbons (Fsp3) is 0.385. The van der Waals surface area contributed by atoms with Crippen molar-refractivity contribution in [3.8, 4) is 11.5 Å². The number of likely N-dealkylation sites (tertiary alicyclic amines) is 1. The summed E-state index contributed by atoms with van der Waals surface area (Å²) in [6.07, 6.45) is 0.839. The molecule has 1 atom stereocenters. The minimum absolute atomic E-state index is 0.0327. The predicted octanol–water partition coefficient (Wildman–Crippen LogP) is 2.93. The third-order valence-corrected chi connectivity index (χ3v) is 6.09. The lowest BCUT2D eigenvalue weighted by molar-refractivity contribution is -0.140. The lowest BCUT2D eigenvalue weighted by atomic mass is 9.95. The van der Waals surface area contributed by atoms with E-state index >= 15 is 0 Å². The number of Topliss-reactive ketones (excluding diaryl/α,β-unsaturated/α-hetero) is 1. The number of phenols is 1. The van der Waals surface area contributed by atoms with E-state index in [-0.39, 0.29) is 17.1 Å². The summed E-state index contributed by atoms with van der Waals surface area (Å²) < 4.78 is 11.1. The van der Waals surface area contributed by atoms with Crippen LogP contribution in [0.4, 0.5) is 0 Å². The van der Waals surface area contributed by atoms with Crippen molar-refractivity contribution in [2.75, 3.05) is 46.0 Å². The summed E-state index contributed by atoms with van der Waals surface area (Å²) in [7, 11) is 0. The maximum atomic E-state index is 13.2. The highest BCUT2D eigenvalue weighted by molar-refractivity contribution is 6.46. The van der Waals surface area contributed by atoms with Gasteiger partial charge in [0.2, 0.25) is 0 Å². The minimum atomic E-state index is -0.762. The quantitative estimate of drug-likeness (QED) is 0.351. The molecule has 1 amide bonds.